The monoisotopic (exact) mass is 268 g/mol. The van der Waals surface area contributed by atoms with E-state index in [1.807, 2.05) is 30.3 Å². The minimum absolute atomic E-state index is 0.200. The third kappa shape index (κ3) is 6.07. The van der Waals surface area contributed by atoms with E-state index in [1.165, 1.54) is 11.8 Å². The maximum Gasteiger partial charge on any atom is 0.315 e. The van der Waals surface area contributed by atoms with Crippen molar-refractivity contribution in [3.63, 3.8) is 0 Å². The molecule has 0 fully saturated rings. The SMILES string of the molecule is CCCCOC(=O)CSCC(O)c1ccccc1. The molecule has 18 heavy (non-hydrogen) atoms. The van der Waals surface area contributed by atoms with Gasteiger partial charge in [-0.3, -0.25) is 4.79 Å². The number of hydrogen-bond donors (Lipinski definition) is 1. The number of unbranched alkanes of at least 4 members (excludes halogenated alkanes) is 1. The van der Waals surface area contributed by atoms with E-state index in [2.05, 4.69) is 6.92 Å². The zero-order valence-electron chi connectivity index (χ0n) is 10.7. The molecule has 1 N–H and O–H groups in total. The van der Waals surface area contributed by atoms with Gasteiger partial charge in [0.15, 0.2) is 0 Å². The van der Waals surface area contributed by atoms with E-state index in [0.717, 1.165) is 18.4 Å². The van der Waals surface area contributed by atoms with Crippen LogP contribution in [0.3, 0.4) is 0 Å². The summed E-state index contributed by atoms with van der Waals surface area (Å²) in [5.41, 5.74) is 0.879. The molecule has 4 heteroatoms. The topological polar surface area (TPSA) is 46.5 Å². The van der Waals surface area contributed by atoms with Crippen LogP contribution < -0.4 is 0 Å². The van der Waals surface area contributed by atoms with E-state index in [1.54, 1.807) is 0 Å². The average molecular weight is 268 g/mol. The molecule has 1 rings (SSSR count). The molecule has 100 valence electrons. The van der Waals surface area contributed by atoms with Gasteiger partial charge in [-0.15, -0.1) is 11.8 Å². The summed E-state index contributed by atoms with van der Waals surface area (Å²) in [6.07, 6.45) is 1.40. The summed E-state index contributed by atoms with van der Waals surface area (Å²) in [7, 11) is 0. The summed E-state index contributed by atoms with van der Waals surface area (Å²) in [6.45, 7) is 2.55. The second kappa shape index (κ2) is 9.00. The Labute approximate surface area is 113 Å². The van der Waals surface area contributed by atoms with Gasteiger partial charge in [0.25, 0.3) is 0 Å². The Balaban J connectivity index is 2.16. The van der Waals surface area contributed by atoms with Gasteiger partial charge in [0.05, 0.1) is 18.5 Å². The summed E-state index contributed by atoms with van der Waals surface area (Å²) in [4.78, 5) is 11.3. The summed E-state index contributed by atoms with van der Waals surface area (Å²) in [5.74, 6) is 0.606. The fraction of sp³-hybridized carbons (Fsp3) is 0.500. The third-order valence-electron chi connectivity index (χ3n) is 2.44. The lowest BCUT2D eigenvalue weighted by Gasteiger charge is -2.10. The summed E-state index contributed by atoms with van der Waals surface area (Å²) < 4.78 is 5.03. The molecule has 0 bridgehead atoms. The molecule has 1 aromatic rings. The Bertz CT molecular complexity index is 340. The van der Waals surface area contributed by atoms with Crippen LogP contribution >= 0.6 is 11.8 Å². The van der Waals surface area contributed by atoms with Gasteiger partial charge < -0.3 is 9.84 Å². The van der Waals surface area contributed by atoms with Gasteiger partial charge in [-0.25, -0.2) is 0 Å². The van der Waals surface area contributed by atoms with Crippen molar-refractivity contribution in [1.29, 1.82) is 0 Å². The number of benzene rings is 1. The molecule has 0 saturated heterocycles. The lowest BCUT2D eigenvalue weighted by atomic mass is 10.1. The van der Waals surface area contributed by atoms with Crippen molar-refractivity contribution < 1.29 is 14.6 Å². The fourth-order valence-electron chi connectivity index (χ4n) is 1.40. The molecular formula is C14H20O3S. The predicted octanol–water partition coefficient (Wildman–Crippen LogP) is 2.80. The molecule has 1 atom stereocenters. The highest BCUT2D eigenvalue weighted by Crippen LogP contribution is 2.17. The van der Waals surface area contributed by atoms with Gasteiger partial charge >= 0.3 is 5.97 Å². The lowest BCUT2D eigenvalue weighted by molar-refractivity contribution is -0.140. The molecule has 0 aromatic heterocycles. The highest BCUT2D eigenvalue weighted by Gasteiger charge is 2.09. The largest absolute Gasteiger partial charge is 0.465 e. The first kappa shape index (κ1) is 15.1. The van der Waals surface area contributed by atoms with Crippen molar-refractivity contribution in [3.8, 4) is 0 Å². The third-order valence-corrected chi connectivity index (χ3v) is 3.43. The van der Waals surface area contributed by atoms with Crippen LogP contribution in [0.4, 0.5) is 0 Å². The molecule has 0 amide bonds. The van der Waals surface area contributed by atoms with Crippen LogP contribution in [0.2, 0.25) is 0 Å². The van der Waals surface area contributed by atoms with E-state index in [9.17, 15) is 9.90 Å². The van der Waals surface area contributed by atoms with Gasteiger partial charge in [0, 0.05) is 5.75 Å². The number of hydrogen-bond acceptors (Lipinski definition) is 4. The molecule has 0 aliphatic heterocycles. The highest BCUT2D eigenvalue weighted by atomic mass is 32.2. The van der Waals surface area contributed by atoms with Gasteiger partial charge in [0.2, 0.25) is 0 Å². The van der Waals surface area contributed by atoms with Crippen LogP contribution in [0.25, 0.3) is 0 Å². The zero-order chi connectivity index (χ0) is 13.2. The summed E-state index contributed by atoms with van der Waals surface area (Å²) in [6, 6.07) is 9.45. The molecule has 0 heterocycles. The summed E-state index contributed by atoms with van der Waals surface area (Å²) >= 11 is 1.40. The minimum atomic E-state index is -0.528. The normalized spacial score (nSPS) is 12.1. The number of esters is 1. The molecule has 1 aromatic carbocycles. The van der Waals surface area contributed by atoms with E-state index >= 15 is 0 Å². The fourth-order valence-corrected chi connectivity index (χ4v) is 2.18. The van der Waals surface area contributed by atoms with Gasteiger partial charge in [-0.2, -0.15) is 0 Å². The lowest BCUT2D eigenvalue weighted by Crippen LogP contribution is -2.10. The quantitative estimate of drug-likeness (QED) is 0.582. The molecule has 1 unspecified atom stereocenters. The van der Waals surface area contributed by atoms with Gasteiger partial charge in [-0.05, 0) is 12.0 Å². The number of aliphatic hydroxyl groups is 1. The average Bonchev–Trinajstić information content (AvgIpc) is 2.40. The second-order valence-corrected chi connectivity index (χ2v) is 5.05. The van der Waals surface area contributed by atoms with Crippen LogP contribution in [-0.4, -0.2) is 29.2 Å². The van der Waals surface area contributed by atoms with Crippen molar-refractivity contribution in [2.45, 2.75) is 25.9 Å². The smallest absolute Gasteiger partial charge is 0.315 e. The van der Waals surface area contributed by atoms with E-state index in [-0.39, 0.29) is 5.97 Å². The molecule has 0 saturated carbocycles. The molecular weight excluding hydrogens is 248 g/mol. The number of carbonyl (C=O) groups excluding carboxylic acids is 1. The number of aliphatic hydroxyl groups excluding tert-OH is 1. The van der Waals surface area contributed by atoms with Crippen molar-refractivity contribution in [2.75, 3.05) is 18.1 Å². The van der Waals surface area contributed by atoms with Crippen LogP contribution in [0.5, 0.6) is 0 Å². The zero-order valence-corrected chi connectivity index (χ0v) is 11.5. The van der Waals surface area contributed by atoms with Crippen molar-refractivity contribution in [1.82, 2.24) is 0 Å². The van der Waals surface area contributed by atoms with Crippen LogP contribution in [0.1, 0.15) is 31.4 Å². The number of rotatable bonds is 8. The van der Waals surface area contributed by atoms with Crippen LogP contribution in [-0.2, 0) is 9.53 Å². The molecule has 0 radical (unpaired) electrons. The Morgan fingerprint density at radius 2 is 2.11 bits per heavy atom. The molecule has 3 nitrogen and oxygen atoms in total. The van der Waals surface area contributed by atoms with E-state index in [4.69, 9.17) is 4.74 Å². The van der Waals surface area contributed by atoms with Crippen LogP contribution in [0.15, 0.2) is 30.3 Å². The van der Waals surface area contributed by atoms with E-state index in [0.29, 0.717) is 18.1 Å². The number of ether oxygens (including phenoxy) is 1. The Hall–Kier alpha value is -1.00. The van der Waals surface area contributed by atoms with Crippen molar-refractivity contribution in [3.05, 3.63) is 35.9 Å². The Morgan fingerprint density at radius 3 is 2.78 bits per heavy atom. The first-order chi connectivity index (χ1) is 8.74. The predicted molar refractivity (Wildman–Crippen MR) is 74.6 cm³/mol. The standard InChI is InChI=1S/C14H20O3S/c1-2-3-9-17-14(16)11-18-10-13(15)12-7-5-4-6-8-12/h4-8,13,15H,2-3,9-11H2,1H3. The first-order valence-electron chi connectivity index (χ1n) is 6.20. The molecule has 0 aliphatic carbocycles. The van der Waals surface area contributed by atoms with Crippen molar-refractivity contribution >= 4 is 17.7 Å². The summed E-state index contributed by atoms with van der Waals surface area (Å²) in [5, 5.41) is 9.87. The number of thioether (sulfide) groups is 1. The Kier molecular flexibility index (Phi) is 7.53. The van der Waals surface area contributed by atoms with Crippen LogP contribution in [0, 0.1) is 0 Å². The maximum absolute atomic E-state index is 11.3. The Morgan fingerprint density at radius 1 is 1.39 bits per heavy atom. The maximum atomic E-state index is 11.3. The minimum Gasteiger partial charge on any atom is -0.465 e. The first-order valence-corrected chi connectivity index (χ1v) is 7.36. The van der Waals surface area contributed by atoms with Gasteiger partial charge in [-0.1, -0.05) is 43.7 Å². The number of carbonyl (C=O) groups is 1. The van der Waals surface area contributed by atoms with E-state index < -0.39 is 6.10 Å². The molecule has 0 aliphatic rings. The van der Waals surface area contributed by atoms with Crippen molar-refractivity contribution in [2.24, 2.45) is 0 Å². The second-order valence-electron chi connectivity index (χ2n) is 4.02. The molecule has 0 spiro atoms. The van der Waals surface area contributed by atoms with Gasteiger partial charge in [0.1, 0.15) is 0 Å². The highest BCUT2D eigenvalue weighted by molar-refractivity contribution is 7.99.